The molecule has 1 amide bonds. The van der Waals surface area contributed by atoms with Gasteiger partial charge in [0, 0.05) is 23.5 Å². The van der Waals surface area contributed by atoms with Crippen molar-refractivity contribution in [3.63, 3.8) is 0 Å². The zero-order valence-electron chi connectivity index (χ0n) is 16.7. The van der Waals surface area contributed by atoms with Crippen LogP contribution in [0.2, 0.25) is 0 Å². The Balaban J connectivity index is 1.91. The fourth-order valence-electron chi connectivity index (χ4n) is 2.69. The zero-order valence-corrected chi connectivity index (χ0v) is 17.5. The van der Waals surface area contributed by atoms with Gasteiger partial charge in [-0.1, -0.05) is 11.3 Å². The molecular formula is C20H18F3N5O3S. The number of ketones is 1. The number of nitrogens with zero attached hydrogens (tertiary/aromatic N) is 3. The van der Waals surface area contributed by atoms with E-state index >= 15 is 0 Å². The Morgan fingerprint density at radius 2 is 1.88 bits per heavy atom. The Kier molecular flexibility index (Phi) is 6.93. The summed E-state index contributed by atoms with van der Waals surface area (Å²) in [7, 11) is 0. The van der Waals surface area contributed by atoms with Crippen LogP contribution in [-0.4, -0.2) is 40.7 Å². The van der Waals surface area contributed by atoms with Crippen molar-refractivity contribution < 1.29 is 27.5 Å². The first-order chi connectivity index (χ1) is 15.2. The number of carbonyl (C=O) groups excluding carboxylic acids is 2. The van der Waals surface area contributed by atoms with Crippen molar-refractivity contribution in [1.82, 2.24) is 9.97 Å². The van der Waals surface area contributed by atoms with Crippen LogP contribution in [0, 0.1) is 5.82 Å². The maximum atomic E-state index is 13.4. The van der Waals surface area contributed by atoms with Crippen molar-refractivity contribution >= 4 is 39.7 Å². The molecule has 1 unspecified atom stereocenters. The number of carbonyl (C=O) groups is 2. The number of ether oxygens (including phenoxy) is 1. The van der Waals surface area contributed by atoms with Crippen LogP contribution < -0.4 is 21.1 Å². The molecule has 2 heterocycles. The summed E-state index contributed by atoms with van der Waals surface area (Å²) in [6.07, 6.45) is -1.48. The van der Waals surface area contributed by atoms with Gasteiger partial charge in [0.05, 0.1) is 0 Å². The normalized spacial score (nSPS) is 11.9. The predicted octanol–water partition coefficient (Wildman–Crippen LogP) is 3.15. The standard InChI is InChI=1S/C20H18F3N5O3S/c1-10(19(25)30)28(13-5-3-12(21)4-6-13)20-27-18(24)17(32-20)16(29)11-2-7-15(26-8-11)31-9-14(22)23/h2-8,10,14H,9,24H2,1H3,(H2,25,30). The van der Waals surface area contributed by atoms with Crippen molar-refractivity contribution in [2.45, 2.75) is 19.4 Å². The van der Waals surface area contributed by atoms with E-state index in [1.165, 1.54) is 54.4 Å². The number of hydrogen-bond acceptors (Lipinski definition) is 8. The van der Waals surface area contributed by atoms with Crippen LogP contribution in [0.3, 0.4) is 0 Å². The van der Waals surface area contributed by atoms with Gasteiger partial charge in [-0.05, 0) is 37.3 Å². The zero-order chi connectivity index (χ0) is 23.4. The maximum Gasteiger partial charge on any atom is 0.272 e. The van der Waals surface area contributed by atoms with Gasteiger partial charge in [-0.2, -0.15) is 0 Å². The molecule has 0 fully saturated rings. The number of hydrogen-bond donors (Lipinski definition) is 2. The third-order valence-corrected chi connectivity index (χ3v) is 5.38. The molecule has 3 aromatic rings. The number of amides is 1. The van der Waals surface area contributed by atoms with Crippen LogP contribution in [0.4, 0.5) is 29.8 Å². The summed E-state index contributed by atoms with van der Waals surface area (Å²) in [5, 5.41) is 0.202. The molecule has 0 aliphatic heterocycles. The minimum Gasteiger partial charge on any atom is -0.472 e. The lowest BCUT2D eigenvalue weighted by atomic mass is 10.1. The first-order valence-corrected chi connectivity index (χ1v) is 10.0. The third kappa shape index (κ3) is 5.14. The van der Waals surface area contributed by atoms with E-state index in [-0.39, 0.29) is 27.3 Å². The number of nitrogens with two attached hydrogens (primary N) is 2. The van der Waals surface area contributed by atoms with Gasteiger partial charge in [0.2, 0.25) is 17.6 Å². The number of rotatable bonds is 9. The highest BCUT2D eigenvalue weighted by Gasteiger charge is 2.27. The largest absolute Gasteiger partial charge is 0.472 e. The number of benzene rings is 1. The first kappa shape index (κ1) is 23.0. The van der Waals surface area contributed by atoms with E-state index in [2.05, 4.69) is 9.97 Å². The molecule has 0 spiro atoms. The number of aromatic nitrogens is 2. The third-order valence-electron chi connectivity index (χ3n) is 4.31. The van der Waals surface area contributed by atoms with Crippen LogP contribution in [0.5, 0.6) is 5.88 Å². The lowest BCUT2D eigenvalue weighted by Crippen LogP contribution is -2.39. The molecule has 0 aliphatic rings. The van der Waals surface area contributed by atoms with Crippen LogP contribution in [0.1, 0.15) is 22.2 Å². The van der Waals surface area contributed by atoms with Gasteiger partial charge < -0.3 is 21.1 Å². The highest BCUT2D eigenvalue weighted by atomic mass is 32.1. The molecule has 32 heavy (non-hydrogen) atoms. The molecule has 2 aromatic heterocycles. The van der Waals surface area contributed by atoms with Gasteiger partial charge in [0.25, 0.3) is 6.43 Å². The summed E-state index contributed by atoms with van der Waals surface area (Å²) in [6, 6.07) is 7.07. The second-order valence-corrected chi connectivity index (χ2v) is 7.53. The highest BCUT2D eigenvalue weighted by Crippen LogP contribution is 2.36. The van der Waals surface area contributed by atoms with Gasteiger partial charge in [0.15, 0.2) is 11.7 Å². The monoisotopic (exact) mass is 465 g/mol. The molecule has 0 aliphatic carbocycles. The molecule has 168 valence electrons. The van der Waals surface area contributed by atoms with E-state index in [1.54, 1.807) is 0 Å². The summed E-state index contributed by atoms with van der Waals surface area (Å²) in [4.78, 5) is 34.3. The summed E-state index contributed by atoms with van der Waals surface area (Å²) < 4.78 is 42.6. The molecule has 1 aromatic carbocycles. The SMILES string of the molecule is CC(C(N)=O)N(c1ccc(F)cc1)c1nc(N)c(C(=O)c2ccc(OCC(F)F)nc2)s1. The van der Waals surface area contributed by atoms with Crippen molar-refractivity contribution in [3.05, 3.63) is 58.9 Å². The van der Waals surface area contributed by atoms with Crippen molar-refractivity contribution in [3.8, 4) is 5.88 Å². The van der Waals surface area contributed by atoms with Crippen molar-refractivity contribution in [1.29, 1.82) is 0 Å². The van der Waals surface area contributed by atoms with Gasteiger partial charge >= 0.3 is 0 Å². The molecule has 0 saturated heterocycles. The molecule has 8 nitrogen and oxygen atoms in total. The second kappa shape index (κ2) is 9.64. The van der Waals surface area contributed by atoms with E-state index in [4.69, 9.17) is 16.2 Å². The number of thiazole rings is 1. The Labute approximate surface area is 184 Å². The van der Waals surface area contributed by atoms with E-state index in [0.717, 1.165) is 11.3 Å². The first-order valence-electron chi connectivity index (χ1n) is 9.19. The molecular weight excluding hydrogens is 447 g/mol. The Bertz CT molecular complexity index is 1110. The van der Waals surface area contributed by atoms with E-state index in [0.29, 0.717) is 5.69 Å². The Morgan fingerprint density at radius 3 is 2.44 bits per heavy atom. The predicted molar refractivity (Wildman–Crippen MR) is 113 cm³/mol. The summed E-state index contributed by atoms with van der Waals surface area (Å²) in [5.41, 5.74) is 12.0. The van der Waals surface area contributed by atoms with Gasteiger partial charge in [-0.15, -0.1) is 0 Å². The number of halogens is 3. The minimum atomic E-state index is -2.65. The quantitative estimate of drug-likeness (QED) is 0.465. The van der Waals surface area contributed by atoms with Gasteiger partial charge in [0.1, 0.15) is 22.6 Å². The van der Waals surface area contributed by atoms with Crippen LogP contribution in [0.25, 0.3) is 0 Å². The average molecular weight is 465 g/mol. The number of alkyl halides is 2. The van der Waals surface area contributed by atoms with Gasteiger partial charge in [-0.3, -0.25) is 9.59 Å². The van der Waals surface area contributed by atoms with Crippen LogP contribution >= 0.6 is 11.3 Å². The Hall–Kier alpha value is -3.67. The molecule has 4 N–H and O–H groups in total. The van der Waals surface area contributed by atoms with Crippen LogP contribution in [0.15, 0.2) is 42.6 Å². The molecule has 0 radical (unpaired) electrons. The number of pyridine rings is 1. The van der Waals surface area contributed by atoms with E-state index in [1.807, 2.05) is 0 Å². The van der Waals surface area contributed by atoms with Gasteiger partial charge in [-0.25, -0.2) is 23.1 Å². The highest BCUT2D eigenvalue weighted by molar-refractivity contribution is 7.18. The number of nitrogen functional groups attached to an aromatic ring is 1. The Morgan fingerprint density at radius 1 is 1.19 bits per heavy atom. The second-order valence-electron chi connectivity index (χ2n) is 6.55. The molecule has 0 saturated carbocycles. The average Bonchev–Trinajstić information content (AvgIpc) is 3.14. The topological polar surface area (TPSA) is 124 Å². The maximum absolute atomic E-state index is 13.4. The smallest absolute Gasteiger partial charge is 0.272 e. The number of primary amides is 1. The fraction of sp³-hybridized carbons (Fsp3) is 0.200. The molecule has 1 atom stereocenters. The summed E-state index contributed by atoms with van der Waals surface area (Å²) >= 11 is 0.914. The summed E-state index contributed by atoms with van der Waals surface area (Å²) in [6.45, 7) is 0.718. The summed E-state index contributed by atoms with van der Waals surface area (Å²) in [5.74, 6) is -1.79. The lowest BCUT2D eigenvalue weighted by molar-refractivity contribution is -0.118. The van der Waals surface area contributed by atoms with Crippen LogP contribution in [-0.2, 0) is 4.79 Å². The fourth-order valence-corrected chi connectivity index (χ4v) is 3.74. The van der Waals surface area contributed by atoms with E-state index in [9.17, 15) is 22.8 Å². The molecule has 3 rings (SSSR count). The molecule has 12 heteroatoms. The lowest BCUT2D eigenvalue weighted by Gasteiger charge is -2.26. The van der Waals surface area contributed by atoms with Crippen molar-refractivity contribution in [2.24, 2.45) is 5.73 Å². The molecule has 0 bridgehead atoms. The van der Waals surface area contributed by atoms with Crippen molar-refractivity contribution in [2.75, 3.05) is 17.2 Å². The number of anilines is 3. The minimum absolute atomic E-state index is 0.0578. The van der Waals surface area contributed by atoms with E-state index < -0.39 is 36.6 Å².